The highest BCUT2D eigenvalue weighted by Gasteiger charge is 2.14. The summed E-state index contributed by atoms with van der Waals surface area (Å²) in [6.07, 6.45) is 16.4. The Kier molecular flexibility index (Phi) is 13.9. The fraction of sp³-hybridized carbons (Fsp3) is 1.00. The van der Waals surface area contributed by atoms with Crippen molar-refractivity contribution in [2.24, 2.45) is 10.2 Å². The first-order valence-electron chi connectivity index (χ1n) is 9.49. The number of hydrogen-bond donors (Lipinski definition) is 0. The van der Waals surface area contributed by atoms with Crippen LogP contribution in [0.4, 0.5) is 0 Å². The van der Waals surface area contributed by atoms with Crippen LogP contribution in [-0.2, 0) is 4.74 Å². The lowest BCUT2D eigenvalue weighted by Crippen LogP contribution is -2.18. The molecule has 1 atom stereocenters. The molecule has 0 spiro atoms. The summed E-state index contributed by atoms with van der Waals surface area (Å²) >= 11 is 0. The van der Waals surface area contributed by atoms with Crippen LogP contribution >= 0.6 is 0 Å². The molecule has 0 aliphatic rings. The molecule has 0 saturated heterocycles. The maximum Gasteiger partial charge on any atom is 0.172 e. The lowest BCUT2D eigenvalue weighted by Gasteiger charge is -2.16. The van der Waals surface area contributed by atoms with Gasteiger partial charge in [-0.1, -0.05) is 77.6 Å². The van der Waals surface area contributed by atoms with Crippen LogP contribution in [0.25, 0.3) is 0 Å². The molecule has 0 rings (SSSR count). The first-order chi connectivity index (χ1) is 10.5. The molecule has 0 aliphatic heterocycles. The second-order valence-corrected chi connectivity index (χ2v) is 7.04. The van der Waals surface area contributed by atoms with Crippen LogP contribution < -0.4 is 0 Å². The van der Waals surface area contributed by atoms with Crippen molar-refractivity contribution in [3.63, 3.8) is 0 Å². The molecule has 0 aromatic rings. The van der Waals surface area contributed by atoms with E-state index < -0.39 is 5.72 Å². The Balaban J connectivity index is 3.35. The monoisotopic (exact) mass is 312 g/mol. The van der Waals surface area contributed by atoms with Gasteiger partial charge in [0.05, 0.1) is 6.04 Å². The normalized spacial score (nSPS) is 13.9. The van der Waals surface area contributed by atoms with Crippen LogP contribution in [0.1, 0.15) is 105 Å². The SMILES string of the molecule is CCCCCCCCCCCCCC(C)/N=N/C(C)(C)OC. The van der Waals surface area contributed by atoms with Gasteiger partial charge in [-0.05, 0) is 27.2 Å². The average molecular weight is 313 g/mol. The fourth-order valence-electron chi connectivity index (χ4n) is 2.44. The minimum Gasteiger partial charge on any atom is -0.356 e. The molecule has 0 aromatic heterocycles. The van der Waals surface area contributed by atoms with Gasteiger partial charge in [0.1, 0.15) is 0 Å². The molecular weight excluding hydrogens is 272 g/mol. The number of rotatable bonds is 15. The number of nitrogens with zero attached hydrogens (tertiary/aromatic N) is 2. The molecule has 0 heterocycles. The molecule has 22 heavy (non-hydrogen) atoms. The molecule has 0 saturated carbocycles. The van der Waals surface area contributed by atoms with Crippen molar-refractivity contribution in [1.29, 1.82) is 0 Å². The summed E-state index contributed by atoms with van der Waals surface area (Å²) in [4.78, 5) is 0. The van der Waals surface area contributed by atoms with Gasteiger partial charge in [0.25, 0.3) is 0 Å². The number of methoxy groups -OCH3 is 1. The standard InChI is InChI=1S/C19H40N2O/c1-6-7-8-9-10-11-12-13-14-15-16-17-18(2)20-21-19(3,4)22-5/h18H,6-17H2,1-5H3/b21-20+. The first kappa shape index (κ1) is 21.6. The van der Waals surface area contributed by atoms with Gasteiger partial charge in [0.2, 0.25) is 0 Å². The van der Waals surface area contributed by atoms with Crippen molar-refractivity contribution >= 4 is 0 Å². The van der Waals surface area contributed by atoms with E-state index in [4.69, 9.17) is 4.74 Å². The Hall–Kier alpha value is -0.440. The fourth-order valence-corrected chi connectivity index (χ4v) is 2.44. The summed E-state index contributed by atoms with van der Waals surface area (Å²) in [6.45, 7) is 8.29. The highest BCUT2D eigenvalue weighted by molar-refractivity contribution is 4.64. The lowest BCUT2D eigenvalue weighted by molar-refractivity contribution is 0.0230. The van der Waals surface area contributed by atoms with E-state index in [1.807, 2.05) is 13.8 Å². The maximum atomic E-state index is 5.24. The molecule has 1 unspecified atom stereocenters. The van der Waals surface area contributed by atoms with E-state index in [1.165, 1.54) is 70.6 Å². The number of ether oxygens (including phenoxy) is 1. The summed E-state index contributed by atoms with van der Waals surface area (Å²) in [5.41, 5.74) is -0.481. The van der Waals surface area contributed by atoms with E-state index in [9.17, 15) is 0 Å². The van der Waals surface area contributed by atoms with Crippen LogP contribution in [0.5, 0.6) is 0 Å². The maximum absolute atomic E-state index is 5.24. The van der Waals surface area contributed by atoms with Crippen molar-refractivity contribution in [2.75, 3.05) is 7.11 Å². The Morgan fingerprint density at radius 2 is 1.27 bits per heavy atom. The average Bonchev–Trinajstić information content (AvgIpc) is 2.50. The smallest absolute Gasteiger partial charge is 0.172 e. The van der Waals surface area contributed by atoms with Gasteiger partial charge in [-0.25, -0.2) is 0 Å². The summed E-state index contributed by atoms with van der Waals surface area (Å²) in [7, 11) is 1.67. The second-order valence-electron chi connectivity index (χ2n) is 7.04. The molecule has 0 aromatic carbocycles. The lowest BCUT2D eigenvalue weighted by atomic mass is 10.0. The number of azo groups is 1. The van der Waals surface area contributed by atoms with Crippen LogP contribution in [0, 0.1) is 0 Å². The van der Waals surface area contributed by atoms with Crippen LogP contribution in [0.15, 0.2) is 10.2 Å². The third-order valence-electron chi connectivity index (χ3n) is 4.22. The minimum atomic E-state index is -0.481. The summed E-state index contributed by atoms with van der Waals surface area (Å²) in [6, 6.07) is 0.313. The summed E-state index contributed by atoms with van der Waals surface area (Å²) in [5.74, 6) is 0. The molecule has 3 heteroatoms. The van der Waals surface area contributed by atoms with Crippen LogP contribution in [0.2, 0.25) is 0 Å². The van der Waals surface area contributed by atoms with Crippen molar-refractivity contribution in [3.05, 3.63) is 0 Å². The number of hydrogen-bond acceptors (Lipinski definition) is 3. The Bertz CT molecular complexity index is 264. The predicted octanol–water partition coefficient (Wildman–Crippen LogP) is 6.91. The van der Waals surface area contributed by atoms with Crippen LogP contribution in [0.3, 0.4) is 0 Å². The van der Waals surface area contributed by atoms with E-state index in [-0.39, 0.29) is 0 Å². The molecule has 0 N–H and O–H groups in total. The van der Waals surface area contributed by atoms with Crippen molar-refractivity contribution < 1.29 is 4.74 Å². The minimum absolute atomic E-state index is 0.313. The zero-order valence-electron chi connectivity index (χ0n) is 15.9. The molecule has 132 valence electrons. The summed E-state index contributed by atoms with van der Waals surface area (Å²) in [5, 5.41) is 8.60. The Labute approximate surface area is 139 Å². The van der Waals surface area contributed by atoms with E-state index in [2.05, 4.69) is 24.1 Å². The third kappa shape index (κ3) is 14.5. The first-order valence-corrected chi connectivity index (χ1v) is 9.49. The highest BCUT2D eigenvalue weighted by Crippen LogP contribution is 2.15. The van der Waals surface area contributed by atoms with Gasteiger partial charge in [0, 0.05) is 7.11 Å². The molecule has 0 aliphatic carbocycles. The molecule has 0 fully saturated rings. The summed E-state index contributed by atoms with van der Waals surface area (Å²) < 4.78 is 5.24. The molecule has 0 bridgehead atoms. The molecule has 0 radical (unpaired) electrons. The topological polar surface area (TPSA) is 34.0 Å². The predicted molar refractivity (Wildman–Crippen MR) is 96.5 cm³/mol. The zero-order valence-corrected chi connectivity index (χ0v) is 15.9. The molecule has 0 amide bonds. The van der Waals surface area contributed by atoms with Crippen molar-refractivity contribution in [3.8, 4) is 0 Å². The second kappa shape index (κ2) is 14.2. The van der Waals surface area contributed by atoms with Gasteiger partial charge < -0.3 is 4.74 Å². The zero-order chi connectivity index (χ0) is 16.7. The van der Waals surface area contributed by atoms with Crippen molar-refractivity contribution in [1.82, 2.24) is 0 Å². The van der Waals surface area contributed by atoms with E-state index in [0.717, 1.165) is 6.42 Å². The Morgan fingerprint density at radius 3 is 1.73 bits per heavy atom. The van der Waals surface area contributed by atoms with Gasteiger partial charge in [-0.2, -0.15) is 10.2 Å². The van der Waals surface area contributed by atoms with Gasteiger partial charge in [-0.3, -0.25) is 0 Å². The van der Waals surface area contributed by atoms with Crippen LogP contribution in [-0.4, -0.2) is 18.9 Å². The van der Waals surface area contributed by atoms with Gasteiger partial charge >= 0.3 is 0 Å². The van der Waals surface area contributed by atoms with Gasteiger partial charge in [0.15, 0.2) is 5.72 Å². The molecule has 3 nitrogen and oxygen atoms in total. The van der Waals surface area contributed by atoms with E-state index >= 15 is 0 Å². The third-order valence-corrected chi connectivity index (χ3v) is 4.22. The largest absolute Gasteiger partial charge is 0.356 e. The Morgan fingerprint density at radius 1 is 0.818 bits per heavy atom. The van der Waals surface area contributed by atoms with E-state index in [0.29, 0.717) is 6.04 Å². The number of unbranched alkanes of at least 4 members (excludes halogenated alkanes) is 10. The quantitative estimate of drug-likeness (QED) is 0.239. The highest BCUT2D eigenvalue weighted by atomic mass is 16.5. The van der Waals surface area contributed by atoms with Gasteiger partial charge in [-0.15, -0.1) is 0 Å². The molecular formula is C19H40N2O. The van der Waals surface area contributed by atoms with Crippen molar-refractivity contribution in [2.45, 2.75) is 117 Å². The van der Waals surface area contributed by atoms with E-state index in [1.54, 1.807) is 7.11 Å².